The maximum Gasteiger partial charge on any atom is 0.415 e. The van der Waals surface area contributed by atoms with Crippen LogP contribution < -0.4 is 9.47 Å². The van der Waals surface area contributed by atoms with Gasteiger partial charge in [0, 0.05) is 29.6 Å². The van der Waals surface area contributed by atoms with Crippen LogP contribution in [0.3, 0.4) is 0 Å². The maximum absolute atomic E-state index is 12.4. The van der Waals surface area contributed by atoms with E-state index in [0.717, 1.165) is 28.6 Å². The Kier molecular flexibility index (Phi) is 3.61. The summed E-state index contributed by atoms with van der Waals surface area (Å²) in [4.78, 5) is 17.6. The summed E-state index contributed by atoms with van der Waals surface area (Å²) >= 11 is 0. The van der Waals surface area contributed by atoms with E-state index in [-0.39, 0.29) is 6.09 Å². The summed E-state index contributed by atoms with van der Waals surface area (Å²) in [6, 6.07) is 15.1. The number of aromatic nitrogens is 1. The summed E-state index contributed by atoms with van der Waals surface area (Å²) in [5.74, 6) is 1.38. The zero-order valence-corrected chi connectivity index (χ0v) is 13.4. The van der Waals surface area contributed by atoms with E-state index >= 15 is 0 Å². The number of para-hydroxylation sites is 2. The lowest BCUT2D eigenvalue weighted by molar-refractivity contribution is 0.147. The van der Waals surface area contributed by atoms with Crippen LogP contribution in [0.5, 0.6) is 11.5 Å². The van der Waals surface area contributed by atoms with Gasteiger partial charge in [-0.3, -0.25) is 0 Å². The molecule has 122 valence electrons. The van der Waals surface area contributed by atoms with Gasteiger partial charge in [0.15, 0.2) is 0 Å². The molecule has 0 spiro atoms. The normalized spacial score (nSPS) is 13.6. The number of benzene rings is 2. The minimum absolute atomic E-state index is 0.316. The summed E-state index contributed by atoms with van der Waals surface area (Å²) in [7, 11) is 1.66. The number of hydrogen-bond donors (Lipinski definition) is 1. The quantitative estimate of drug-likeness (QED) is 0.782. The van der Waals surface area contributed by atoms with Gasteiger partial charge in [-0.05, 0) is 18.2 Å². The van der Waals surface area contributed by atoms with Gasteiger partial charge in [0.1, 0.15) is 11.5 Å². The van der Waals surface area contributed by atoms with E-state index in [1.54, 1.807) is 24.1 Å². The Morgan fingerprint density at radius 1 is 1.12 bits per heavy atom. The second kappa shape index (κ2) is 5.92. The highest BCUT2D eigenvalue weighted by atomic mass is 16.6. The van der Waals surface area contributed by atoms with Crippen molar-refractivity contribution in [2.24, 2.45) is 0 Å². The molecule has 2 aromatic carbocycles. The van der Waals surface area contributed by atoms with E-state index in [9.17, 15) is 4.79 Å². The third kappa shape index (κ3) is 2.48. The number of hydrogen-bond acceptors (Lipinski definition) is 3. The Morgan fingerprint density at radius 3 is 2.75 bits per heavy atom. The van der Waals surface area contributed by atoms with Crippen LogP contribution in [0.15, 0.2) is 48.5 Å². The second-order valence-electron chi connectivity index (χ2n) is 5.82. The molecule has 3 aromatic rings. The van der Waals surface area contributed by atoms with Crippen LogP contribution in [0.4, 0.5) is 4.79 Å². The van der Waals surface area contributed by atoms with E-state index in [4.69, 9.17) is 9.47 Å². The fraction of sp³-hybridized carbons (Fsp3) is 0.211. The van der Waals surface area contributed by atoms with Crippen LogP contribution in [0.25, 0.3) is 10.9 Å². The summed E-state index contributed by atoms with van der Waals surface area (Å²) in [5.41, 5.74) is 3.29. The zero-order chi connectivity index (χ0) is 16.5. The molecular formula is C19H18N2O3. The monoisotopic (exact) mass is 322 g/mol. The van der Waals surface area contributed by atoms with Crippen molar-refractivity contribution in [1.29, 1.82) is 0 Å². The van der Waals surface area contributed by atoms with Gasteiger partial charge in [0.05, 0.1) is 19.2 Å². The van der Waals surface area contributed by atoms with Crippen LogP contribution in [0.1, 0.15) is 11.3 Å². The lowest BCUT2D eigenvalue weighted by Crippen LogP contribution is -2.37. The smallest absolute Gasteiger partial charge is 0.415 e. The molecule has 1 amide bonds. The van der Waals surface area contributed by atoms with Crippen molar-refractivity contribution in [3.05, 3.63) is 59.8 Å². The highest BCUT2D eigenvalue weighted by Crippen LogP contribution is 2.33. The number of carbonyl (C=O) groups is 1. The van der Waals surface area contributed by atoms with E-state index in [1.807, 2.05) is 30.3 Å². The summed E-state index contributed by atoms with van der Waals surface area (Å²) in [6.07, 6.45) is 0.459. The van der Waals surface area contributed by atoms with Crippen LogP contribution in [0, 0.1) is 0 Å². The number of fused-ring (bicyclic) bond motifs is 3. The molecule has 5 heteroatoms. The lowest BCUT2D eigenvalue weighted by Gasteiger charge is -2.26. The number of nitrogens with zero attached hydrogens (tertiary/aromatic N) is 1. The average Bonchev–Trinajstić information content (AvgIpc) is 3.00. The highest BCUT2D eigenvalue weighted by molar-refractivity contribution is 5.90. The summed E-state index contributed by atoms with van der Waals surface area (Å²) < 4.78 is 10.9. The second-order valence-corrected chi connectivity index (χ2v) is 5.82. The standard InChI is InChI=1S/C19H18N2O3/c1-23-17-9-5-8-14-15-12-21(11-10-16(15)20-18(14)17)19(22)24-13-6-3-2-4-7-13/h2-9,20H,10-12H2,1H3. The first-order valence-corrected chi connectivity index (χ1v) is 7.94. The first kappa shape index (κ1) is 14.6. The minimum Gasteiger partial charge on any atom is -0.495 e. The molecule has 1 aromatic heterocycles. The van der Waals surface area contributed by atoms with Gasteiger partial charge < -0.3 is 19.4 Å². The third-order valence-corrected chi connectivity index (χ3v) is 4.40. The Hall–Kier alpha value is -2.95. The van der Waals surface area contributed by atoms with E-state index in [2.05, 4.69) is 11.1 Å². The SMILES string of the molecule is COc1cccc2c3c([nH]c12)CCN(C(=O)Oc1ccccc1)C3. The van der Waals surface area contributed by atoms with Gasteiger partial charge >= 0.3 is 6.09 Å². The molecule has 0 saturated carbocycles. The van der Waals surface area contributed by atoms with E-state index in [0.29, 0.717) is 18.8 Å². The fourth-order valence-corrected chi connectivity index (χ4v) is 3.19. The molecule has 1 aliphatic heterocycles. The number of H-pyrrole nitrogens is 1. The van der Waals surface area contributed by atoms with Crippen LogP contribution in [-0.2, 0) is 13.0 Å². The molecule has 0 aliphatic carbocycles. The zero-order valence-electron chi connectivity index (χ0n) is 13.4. The molecule has 1 N–H and O–H groups in total. The molecular weight excluding hydrogens is 304 g/mol. The minimum atomic E-state index is -0.316. The average molecular weight is 322 g/mol. The number of carbonyl (C=O) groups excluding carboxylic acids is 1. The number of nitrogens with one attached hydrogen (secondary N) is 1. The van der Waals surface area contributed by atoms with Crippen LogP contribution >= 0.6 is 0 Å². The Balaban J connectivity index is 1.60. The lowest BCUT2D eigenvalue weighted by atomic mass is 10.0. The Morgan fingerprint density at radius 2 is 1.96 bits per heavy atom. The number of aromatic amines is 1. The van der Waals surface area contributed by atoms with E-state index < -0.39 is 0 Å². The topological polar surface area (TPSA) is 54.6 Å². The molecule has 2 heterocycles. The molecule has 4 rings (SSSR count). The van der Waals surface area contributed by atoms with Crippen molar-refractivity contribution >= 4 is 17.0 Å². The Bertz CT molecular complexity index is 886. The van der Waals surface area contributed by atoms with E-state index in [1.165, 1.54) is 5.69 Å². The molecule has 24 heavy (non-hydrogen) atoms. The maximum atomic E-state index is 12.4. The molecule has 5 nitrogen and oxygen atoms in total. The molecule has 0 fully saturated rings. The van der Waals surface area contributed by atoms with Gasteiger partial charge in [-0.2, -0.15) is 0 Å². The van der Waals surface area contributed by atoms with Crippen LogP contribution in [-0.4, -0.2) is 29.6 Å². The van der Waals surface area contributed by atoms with Gasteiger partial charge in [0.25, 0.3) is 0 Å². The molecule has 0 bridgehead atoms. The molecule has 0 atom stereocenters. The van der Waals surface area contributed by atoms with Gasteiger partial charge in [-0.25, -0.2) is 4.79 Å². The predicted octanol–water partition coefficient (Wildman–Crippen LogP) is 3.73. The number of rotatable bonds is 2. The van der Waals surface area contributed by atoms with Crippen molar-refractivity contribution < 1.29 is 14.3 Å². The molecule has 0 unspecified atom stereocenters. The Labute approximate surface area is 139 Å². The van der Waals surface area contributed by atoms with Gasteiger partial charge in [-0.1, -0.05) is 30.3 Å². The van der Waals surface area contributed by atoms with Crippen molar-refractivity contribution in [3.8, 4) is 11.5 Å². The fourth-order valence-electron chi connectivity index (χ4n) is 3.19. The van der Waals surface area contributed by atoms with Crippen LogP contribution in [0.2, 0.25) is 0 Å². The first-order chi connectivity index (χ1) is 11.8. The number of methoxy groups -OCH3 is 1. The molecule has 1 aliphatic rings. The first-order valence-electron chi connectivity index (χ1n) is 7.94. The number of amides is 1. The highest BCUT2D eigenvalue weighted by Gasteiger charge is 2.26. The van der Waals surface area contributed by atoms with Crippen molar-refractivity contribution in [2.45, 2.75) is 13.0 Å². The van der Waals surface area contributed by atoms with Crippen molar-refractivity contribution in [1.82, 2.24) is 9.88 Å². The summed E-state index contributed by atoms with van der Waals surface area (Å²) in [5, 5.41) is 1.10. The molecule has 0 saturated heterocycles. The third-order valence-electron chi connectivity index (χ3n) is 4.40. The number of ether oxygens (including phenoxy) is 2. The van der Waals surface area contributed by atoms with Crippen molar-refractivity contribution in [2.75, 3.05) is 13.7 Å². The van der Waals surface area contributed by atoms with Gasteiger partial charge in [-0.15, -0.1) is 0 Å². The predicted molar refractivity (Wildman–Crippen MR) is 91.4 cm³/mol. The van der Waals surface area contributed by atoms with Crippen molar-refractivity contribution in [3.63, 3.8) is 0 Å². The largest absolute Gasteiger partial charge is 0.495 e. The van der Waals surface area contributed by atoms with Gasteiger partial charge in [0.2, 0.25) is 0 Å². The summed E-state index contributed by atoms with van der Waals surface area (Å²) in [6.45, 7) is 1.17. The molecule has 0 radical (unpaired) electrons.